The number of fused-ring (bicyclic) bond motifs is 1. The van der Waals surface area contributed by atoms with Crippen molar-refractivity contribution < 1.29 is 0 Å². The summed E-state index contributed by atoms with van der Waals surface area (Å²) in [6.45, 7) is 0. The van der Waals surface area contributed by atoms with Crippen molar-refractivity contribution in [1.29, 1.82) is 5.26 Å². The van der Waals surface area contributed by atoms with Crippen LogP contribution in [0, 0.1) is 11.3 Å². The molecule has 4 nitrogen and oxygen atoms in total. The molecule has 0 N–H and O–H groups in total. The average molecular weight is 437 g/mol. The molecular weight excluding hydrogens is 423 g/mol. The van der Waals surface area contributed by atoms with E-state index in [2.05, 4.69) is 32.2 Å². The zero-order valence-electron chi connectivity index (χ0n) is 15.3. The van der Waals surface area contributed by atoms with Crippen molar-refractivity contribution in [3.05, 3.63) is 100 Å². The van der Waals surface area contributed by atoms with Crippen LogP contribution >= 0.6 is 15.9 Å². The molecule has 29 heavy (non-hydrogen) atoms. The van der Waals surface area contributed by atoms with E-state index in [1.54, 1.807) is 0 Å². The van der Waals surface area contributed by atoms with Crippen LogP contribution in [0.25, 0.3) is 10.8 Å². The quantitative estimate of drug-likeness (QED) is 0.354. The molecule has 0 amide bonds. The maximum atomic E-state index is 9.97. The van der Waals surface area contributed by atoms with E-state index in [1.165, 1.54) is 0 Å². The summed E-state index contributed by atoms with van der Waals surface area (Å²) in [6.07, 6.45) is 0. The monoisotopic (exact) mass is 436 g/mol. The summed E-state index contributed by atoms with van der Waals surface area (Å²) < 4.78 is 0.794. The van der Waals surface area contributed by atoms with E-state index in [4.69, 9.17) is 12.8 Å². The summed E-state index contributed by atoms with van der Waals surface area (Å²) in [5, 5.41) is 19.8. The molecule has 1 unspecified atom stereocenters. The van der Waals surface area contributed by atoms with Crippen LogP contribution in [-0.4, -0.2) is 23.8 Å². The Morgan fingerprint density at radius 3 is 2.10 bits per heavy atom. The molecule has 1 heterocycles. The lowest BCUT2D eigenvalue weighted by molar-refractivity contribution is 0.848. The van der Waals surface area contributed by atoms with Gasteiger partial charge in [0.1, 0.15) is 13.5 Å². The van der Waals surface area contributed by atoms with E-state index < -0.39 is 6.04 Å². The molecule has 1 aromatic heterocycles. The fourth-order valence-electron chi connectivity index (χ4n) is 3.19. The van der Waals surface area contributed by atoms with Crippen LogP contribution in [0.2, 0.25) is 0 Å². The third-order valence-corrected chi connectivity index (χ3v) is 5.21. The summed E-state index contributed by atoms with van der Waals surface area (Å²) in [5.74, 6) is 0. The first-order chi connectivity index (χ1) is 14.2. The number of hydrogen-bond donors (Lipinski definition) is 0. The summed E-state index contributed by atoms with van der Waals surface area (Å²) in [4.78, 5) is 4.82. The van der Waals surface area contributed by atoms with Crippen molar-refractivity contribution in [3.8, 4) is 6.07 Å². The lowest BCUT2D eigenvalue weighted by atomic mass is 9.95. The molecule has 4 aromatic rings. The summed E-state index contributed by atoms with van der Waals surface area (Å²) in [6, 6.07) is 26.6. The van der Waals surface area contributed by atoms with E-state index in [0.29, 0.717) is 11.3 Å². The van der Waals surface area contributed by atoms with Gasteiger partial charge in [-0.05, 0) is 11.5 Å². The first-order valence-corrected chi connectivity index (χ1v) is 9.77. The third kappa shape index (κ3) is 3.82. The van der Waals surface area contributed by atoms with Crippen molar-refractivity contribution in [2.24, 2.45) is 4.99 Å². The molecule has 0 saturated heterocycles. The van der Waals surface area contributed by atoms with Gasteiger partial charge in [-0.2, -0.15) is 15.5 Å². The highest BCUT2D eigenvalue weighted by Crippen LogP contribution is 2.30. The Kier molecular flexibility index (Phi) is 5.50. The number of rotatable bonds is 4. The van der Waals surface area contributed by atoms with Crippen LogP contribution in [-0.2, 0) is 0 Å². The standard InChI is InChI=1S/C23H14BBrN4/c24-23-17-12-7-13-18(25)20(17)22(28-29-23)19(14-26)27-21(15-8-3-1-4-9-15)16-10-5-2-6-11-16/h1-13,19H. The van der Waals surface area contributed by atoms with Crippen LogP contribution in [0.4, 0.5) is 0 Å². The summed E-state index contributed by atoms with van der Waals surface area (Å²) in [7, 11) is 6.01. The molecule has 0 spiro atoms. The minimum absolute atomic E-state index is 0.317. The fourth-order valence-corrected chi connectivity index (χ4v) is 3.76. The van der Waals surface area contributed by atoms with Crippen LogP contribution < -0.4 is 5.59 Å². The zero-order chi connectivity index (χ0) is 20.2. The van der Waals surface area contributed by atoms with Gasteiger partial charge in [0.05, 0.1) is 11.8 Å². The largest absolute Gasteiger partial charge is 0.259 e. The van der Waals surface area contributed by atoms with Gasteiger partial charge in [-0.15, -0.1) is 0 Å². The van der Waals surface area contributed by atoms with Gasteiger partial charge in [-0.25, -0.2) is 0 Å². The van der Waals surface area contributed by atoms with Gasteiger partial charge in [-0.1, -0.05) is 88.7 Å². The normalized spacial score (nSPS) is 11.6. The lowest BCUT2D eigenvalue weighted by Gasteiger charge is -2.13. The number of benzene rings is 3. The summed E-state index contributed by atoms with van der Waals surface area (Å²) >= 11 is 3.55. The van der Waals surface area contributed by atoms with Crippen LogP contribution in [0.1, 0.15) is 22.9 Å². The molecule has 0 aliphatic heterocycles. The Balaban J connectivity index is 1.94. The van der Waals surface area contributed by atoms with Crippen molar-refractivity contribution in [1.82, 2.24) is 10.2 Å². The highest BCUT2D eigenvalue weighted by atomic mass is 79.9. The predicted molar refractivity (Wildman–Crippen MR) is 120 cm³/mol. The van der Waals surface area contributed by atoms with Gasteiger partial charge >= 0.3 is 0 Å². The second-order valence-corrected chi connectivity index (χ2v) is 7.23. The van der Waals surface area contributed by atoms with E-state index in [-0.39, 0.29) is 0 Å². The molecule has 0 saturated carbocycles. The van der Waals surface area contributed by atoms with Gasteiger partial charge < -0.3 is 0 Å². The predicted octanol–water partition coefficient (Wildman–Crippen LogP) is 4.29. The molecule has 6 heteroatoms. The molecule has 1 atom stereocenters. The first-order valence-electron chi connectivity index (χ1n) is 8.97. The maximum Gasteiger partial charge on any atom is 0.181 e. The molecule has 136 valence electrons. The van der Waals surface area contributed by atoms with Crippen molar-refractivity contribution >= 4 is 45.9 Å². The number of nitriles is 1. The Labute approximate surface area is 178 Å². The fraction of sp³-hybridized carbons (Fsp3) is 0.0435. The van der Waals surface area contributed by atoms with Crippen LogP contribution in [0.5, 0.6) is 0 Å². The van der Waals surface area contributed by atoms with E-state index in [0.717, 1.165) is 32.1 Å². The molecule has 2 radical (unpaired) electrons. The molecule has 3 aromatic carbocycles. The van der Waals surface area contributed by atoms with Gasteiger partial charge in [-0.3, -0.25) is 4.99 Å². The van der Waals surface area contributed by atoms with Crippen molar-refractivity contribution in [2.75, 3.05) is 0 Å². The molecular formula is C23H14BBrN4. The molecule has 0 bridgehead atoms. The number of aromatic nitrogens is 2. The Hall–Kier alpha value is -3.30. The minimum Gasteiger partial charge on any atom is -0.259 e. The number of halogens is 1. The SMILES string of the molecule is [B]c1nnc(C(C#N)N=C(c2ccccc2)c2ccccc2)c2c(Br)cccc12. The van der Waals surface area contributed by atoms with Gasteiger partial charge in [0.25, 0.3) is 0 Å². The zero-order valence-corrected chi connectivity index (χ0v) is 16.9. The second kappa shape index (κ2) is 8.38. The Morgan fingerprint density at radius 1 is 0.897 bits per heavy atom. The average Bonchev–Trinajstić information content (AvgIpc) is 2.77. The number of nitrogens with zero attached hydrogens (tertiary/aromatic N) is 4. The lowest BCUT2D eigenvalue weighted by Crippen LogP contribution is -2.16. The van der Waals surface area contributed by atoms with Gasteiger partial charge in [0, 0.05) is 26.6 Å². The van der Waals surface area contributed by atoms with Gasteiger partial charge in [0.15, 0.2) is 6.04 Å². The van der Waals surface area contributed by atoms with E-state index in [1.807, 2.05) is 78.9 Å². The Bertz CT molecular complexity index is 1190. The smallest absolute Gasteiger partial charge is 0.181 e. The topological polar surface area (TPSA) is 61.9 Å². The van der Waals surface area contributed by atoms with E-state index in [9.17, 15) is 5.26 Å². The van der Waals surface area contributed by atoms with Gasteiger partial charge in [0.2, 0.25) is 0 Å². The number of hydrogen-bond acceptors (Lipinski definition) is 4. The highest BCUT2D eigenvalue weighted by Gasteiger charge is 2.20. The molecule has 4 rings (SSSR count). The second-order valence-electron chi connectivity index (χ2n) is 6.37. The molecule has 0 aliphatic carbocycles. The molecule has 0 fully saturated rings. The minimum atomic E-state index is -0.847. The third-order valence-electron chi connectivity index (χ3n) is 4.55. The highest BCUT2D eigenvalue weighted by molar-refractivity contribution is 9.10. The molecule has 0 aliphatic rings. The van der Waals surface area contributed by atoms with Crippen LogP contribution in [0.3, 0.4) is 0 Å². The first kappa shape index (κ1) is 19.0. The number of aliphatic imine (C=N–C) groups is 1. The van der Waals surface area contributed by atoms with Crippen molar-refractivity contribution in [3.63, 3.8) is 0 Å². The van der Waals surface area contributed by atoms with E-state index >= 15 is 0 Å². The van der Waals surface area contributed by atoms with Crippen molar-refractivity contribution in [2.45, 2.75) is 6.04 Å². The maximum absolute atomic E-state index is 9.97. The summed E-state index contributed by atoms with van der Waals surface area (Å²) in [5.41, 5.74) is 3.35. The van der Waals surface area contributed by atoms with Crippen LogP contribution in [0.15, 0.2) is 88.3 Å². The Morgan fingerprint density at radius 2 is 1.52 bits per heavy atom.